The molecule has 13 heavy (non-hydrogen) atoms. The van der Waals surface area contributed by atoms with Gasteiger partial charge in [-0.3, -0.25) is 0 Å². The Hall–Kier alpha value is -1.16. The van der Waals surface area contributed by atoms with Crippen LogP contribution in [0.5, 0.6) is 0 Å². The van der Waals surface area contributed by atoms with Crippen molar-refractivity contribution in [3.63, 3.8) is 0 Å². The molecule has 1 fully saturated rings. The van der Waals surface area contributed by atoms with Crippen LogP contribution in [-0.2, 0) is 0 Å². The van der Waals surface area contributed by atoms with Crippen molar-refractivity contribution in [2.24, 2.45) is 0 Å². The molecule has 0 radical (unpaired) electrons. The zero-order chi connectivity index (χ0) is 9.10. The normalized spacial score (nSPS) is 22.9. The Bertz CT molecular complexity index is 289. The van der Waals surface area contributed by atoms with Gasteiger partial charge in [-0.25, -0.2) is 0 Å². The van der Waals surface area contributed by atoms with E-state index in [9.17, 15) is 0 Å². The van der Waals surface area contributed by atoms with Crippen LogP contribution in [0.2, 0.25) is 0 Å². The highest BCUT2D eigenvalue weighted by molar-refractivity contribution is 5.32. The fourth-order valence-electron chi connectivity index (χ4n) is 1.56. The van der Waals surface area contributed by atoms with Gasteiger partial charge in [0.25, 0.3) is 0 Å². The molecule has 1 aromatic heterocycles. The minimum absolute atomic E-state index is 0.384. The molecule has 0 aromatic carbocycles. The molecule has 4 heteroatoms. The maximum atomic E-state index is 5.39. The van der Waals surface area contributed by atoms with Gasteiger partial charge in [-0.2, -0.15) is 0 Å². The van der Waals surface area contributed by atoms with Gasteiger partial charge >= 0.3 is 0 Å². The molecule has 0 bridgehead atoms. The van der Waals surface area contributed by atoms with Gasteiger partial charge in [0, 0.05) is 12.5 Å². The van der Waals surface area contributed by atoms with Crippen molar-refractivity contribution in [1.29, 1.82) is 0 Å². The van der Waals surface area contributed by atoms with Gasteiger partial charge < -0.3 is 9.73 Å². The number of rotatable bonds is 2. The Labute approximate surface area is 77.0 Å². The Morgan fingerprint density at radius 1 is 1.54 bits per heavy atom. The van der Waals surface area contributed by atoms with E-state index in [1.54, 1.807) is 6.08 Å². The van der Waals surface area contributed by atoms with Gasteiger partial charge in [0.05, 0.1) is 0 Å². The van der Waals surface area contributed by atoms with Crippen molar-refractivity contribution in [2.75, 3.05) is 13.1 Å². The first-order valence-corrected chi connectivity index (χ1v) is 4.56. The molecule has 1 unspecified atom stereocenters. The van der Waals surface area contributed by atoms with Crippen molar-refractivity contribution >= 4 is 6.08 Å². The summed E-state index contributed by atoms with van der Waals surface area (Å²) in [5, 5.41) is 11.1. The fraction of sp³-hybridized carbons (Fsp3) is 0.556. The van der Waals surface area contributed by atoms with Crippen molar-refractivity contribution < 1.29 is 4.42 Å². The number of piperidine rings is 1. The van der Waals surface area contributed by atoms with Crippen LogP contribution >= 0.6 is 0 Å². The van der Waals surface area contributed by atoms with Crippen molar-refractivity contribution in [3.05, 3.63) is 18.4 Å². The molecular formula is C9H13N3O. The Morgan fingerprint density at radius 2 is 2.46 bits per heavy atom. The molecule has 0 aliphatic carbocycles. The third-order valence-corrected chi connectivity index (χ3v) is 2.28. The van der Waals surface area contributed by atoms with E-state index >= 15 is 0 Å². The topological polar surface area (TPSA) is 51.0 Å². The lowest BCUT2D eigenvalue weighted by molar-refractivity contribution is 0.374. The second kappa shape index (κ2) is 3.70. The predicted octanol–water partition coefficient (Wildman–Crippen LogP) is 1.18. The first kappa shape index (κ1) is 8.44. The molecule has 1 aliphatic heterocycles. The van der Waals surface area contributed by atoms with Crippen LogP contribution in [0.1, 0.15) is 30.5 Å². The van der Waals surface area contributed by atoms with E-state index in [4.69, 9.17) is 4.42 Å². The molecule has 0 saturated carbocycles. The van der Waals surface area contributed by atoms with E-state index in [0.29, 0.717) is 11.8 Å². The molecule has 1 aliphatic rings. The van der Waals surface area contributed by atoms with E-state index in [1.165, 1.54) is 6.42 Å². The van der Waals surface area contributed by atoms with Gasteiger partial charge in [-0.1, -0.05) is 6.58 Å². The smallest absolute Gasteiger partial charge is 0.239 e. The van der Waals surface area contributed by atoms with E-state index in [1.807, 2.05) is 0 Å². The van der Waals surface area contributed by atoms with Crippen LogP contribution in [-0.4, -0.2) is 23.3 Å². The summed E-state index contributed by atoms with van der Waals surface area (Å²) in [7, 11) is 0. The highest BCUT2D eigenvalue weighted by Gasteiger charge is 2.20. The molecule has 1 saturated heterocycles. The summed E-state index contributed by atoms with van der Waals surface area (Å²) in [5.74, 6) is 1.64. The molecule has 1 N–H and O–H groups in total. The lowest BCUT2D eigenvalue weighted by Crippen LogP contribution is -2.28. The average Bonchev–Trinajstić information content (AvgIpc) is 2.67. The molecule has 1 aromatic rings. The number of hydrogen-bond donors (Lipinski definition) is 1. The fourth-order valence-corrected chi connectivity index (χ4v) is 1.56. The second-order valence-corrected chi connectivity index (χ2v) is 3.23. The van der Waals surface area contributed by atoms with E-state index in [0.717, 1.165) is 25.4 Å². The van der Waals surface area contributed by atoms with Crippen molar-refractivity contribution in [1.82, 2.24) is 15.5 Å². The Kier molecular flexibility index (Phi) is 2.40. The van der Waals surface area contributed by atoms with E-state index in [-0.39, 0.29) is 0 Å². The Morgan fingerprint density at radius 3 is 3.08 bits per heavy atom. The zero-order valence-corrected chi connectivity index (χ0v) is 7.49. The van der Waals surface area contributed by atoms with Crippen LogP contribution in [0.15, 0.2) is 11.0 Å². The summed E-state index contributed by atoms with van der Waals surface area (Å²) in [6.07, 6.45) is 3.88. The lowest BCUT2D eigenvalue weighted by atomic mass is 10.00. The van der Waals surface area contributed by atoms with Gasteiger partial charge in [-0.15, -0.1) is 10.2 Å². The van der Waals surface area contributed by atoms with Crippen LogP contribution in [0.4, 0.5) is 0 Å². The SMILES string of the molecule is C=Cc1nnc(C2CCCNC2)o1. The average molecular weight is 179 g/mol. The lowest BCUT2D eigenvalue weighted by Gasteiger charge is -2.18. The second-order valence-electron chi connectivity index (χ2n) is 3.23. The summed E-state index contributed by atoms with van der Waals surface area (Å²) in [6.45, 7) is 5.62. The maximum Gasteiger partial charge on any atom is 0.239 e. The molecular weight excluding hydrogens is 166 g/mol. The van der Waals surface area contributed by atoms with E-state index < -0.39 is 0 Å². The first-order valence-electron chi connectivity index (χ1n) is 4.56. The summed E-state index contributed by atoms with van der Waals surface area (Å²) < 4.78 is 5.39. The van der Waals surface area contributed by atoms with Gasteiger partial charge in [0.15, 0.2) is 0 Å². The molecule has 2 heterocycles. The van der Waals surface area contributed by atoms with Gasteiger partial charge in [0.1, 0.15) is 0 Å². The zero-order valence-electron chi connectivity index (χ0n) is 7.49. The number of nitrogens with one attached hydrogen (secondary N) is 1. The quantitative estimate of drug-likeness (QED) is 0.740. The minimum atomic E-state index is 0.384. The highest BCUT2D eigenvalue weighted by Crippen LogP contribution is 2.21. The third kappa shape index (κ3) is 1.78. The summed E-state index contributed by atoms with van der Waals surface area (Å²) in [6, 6.07) is 0. The molecule has 4 nitrogen and oxygen atoms in total. The summed E-state index contributed by atoms with van der Waals surface area (Å²) in [5.41, 5.74) is 0. The van der Waals surface area contributed by atoms with Crippen molar-refractivity contribution in [3.8, 4) is 0 Å². The van der Waals surface area contributed by atoms with Crippen LogP contribution in [0.3, 0.4) is 0 Å². The summed E-state index contributed by atoms with van der Waals surface area (Å²) >= 11 is 0. The van der Waals surface area contributed by atoms with Gasteiger partial charge in [-0.05, 0) is 25.5 Å². The molecule has 0 amide bonds. The minimum Gasteiger partial charge on any atom is -0.421 e. The number of aromatic nitrogens is 2. The molecule has 2 rings (SSSR count). The van der Waals surface area contributed by atoms with Gasteiger partial charge in [0.2, 0.25) is 11.8 Å². The van der Waals surface area contributed by atoms with Crippen LogP contribution in [0, 0.1) is 0 Å². The standard InChI is InChI=1S/C9H13N3O/c1-2-8-11-12-9(13-8)7-4-3-5-10-6-7/h2,7,10H,1,3-6H2. The van der Waals surface area contributed by atoms with Crippen LogP contribution < -0.4 is 5.32 Å². The monoisotopic (exact) mass is 179 g/mol. The Balaban J connectivity index is 2.09. The van der Waals surface area contributed by atoms with E-state index in [2.05, 4.69) is 22.1 Å². The number of nitrogens with zero attached hydrogens (tertiary/aromatic N) is 2. The van der Waals surface area contributed by atoms with Crippen LogP contribution in [0.25, 0.3) is 6.08 Å². The largest absolute Gasteiger partial charge is 0.421 e. The van der Waals surface area contributed by atoms with Crippen molar-refractivity contribution in [2.45, 2.75) is 18.8 Å². The first-order chi connectivity index (χ1) is 6.40. The number of hydrogen-bond acceptors (Lipinski definition) is 4. The third-order valence-electron chi connectivity index (χ3n) is 2.28. The maximum absolute atomic E-state index is 5.39. The summed E-state index contributed by atoms with van der Waals surface area (Å²) in [4.78, 5) is 0. The molecule has 1 atom stereocenters. The predicted molar refractivity (Wildman–Crippen MR) is 49.2 cm³/mol. The highest BCUT2D eigenvalue weighted by atomic mass is 16.4. The molecule has 70 valence electrons. The molecule has 0 spiro atoms.